The van der Waals surface area contributed by atoms with Crippen LogP contribution in [-0.2, 0) is 13.6 Å². The van der Waals surface area contributed by atoms with Gasteiger partial charge in [0.25, 0.3) is 0 Å². The molecule has 2 aromatic rings. The van der Waals surface area contributed by atoms with Crippen molar-refractivity contribution >= 4 is 5.82 Å². The van der Waals surface area contributed by atoms with E-state index in [2.05, 4.69) is 20.4 Å². The Balaban J connectivity index is 2.12. The lowest BCUT2D eigenvalue weighted by molar-refractivity contribution is 0.756. The minimum atomic E-state index is 0.721. The molecule has 0 aliphatic carbocycles. The Morgan fingerprint density at radius 2 is 2.00 bits per heavy atom. The Morgan fingerprint density at radius 1 is 1.24 bits per heavy atom. The predicted molar refractivity (Wildman–Crippen MR) is 66.8 cm³/mol. The first-order chi connectivity index (χ1) is 8.06. The van der Waals surface area contributed by atoms with Gasteiger partial charge < -0.3 is 5.32 Å². The lowest BCUT2D eigenvalue weighted by Crippen LogP contribution is -2.05. The van der Waals surface area contributed by atoms with Gasteiger partial charge in [-0.15, -0.1) is 0 Å². The Morgan fingerprint density at radius 3 is 2.65 bits per heavy atom. The number of aryl methyl sites for hydroxylation is 4. The number of aromatic nitrogens is 4. The van der Waals surface area contributed by atoms with E-state index in [0.29, 0.717) is 0 Å². The van der Waals surface area contributed by atoms with Gasteiger partial charge in [-0.1, -0.05) is 0 Å². The first-order valence-electron chi connectivity index (χ1n) is 5.59. The van der Waals surface area contributed by atoms with Gasteiger partial charge in [-0.05, 0) is 20.8 Å². The molecule has 5 nitrogen and oxygen atoms in total. The molecule has 0 unspecified atom stereocenters. The SMILES string of the molecule is Cc1cnc(C)c(NCc2cn(C)nc2C)n1. The molecular formula is C12H17N5. The van der Waals surface area contributed by atoms with E-state index in [-0.39, 0.29) is 0 Å². The average Bonchev–Trinajstić information content (AvgIpc) is 2.59. The van der Waals surface area contributed by atoms with Crippen LogP contribution in [0.5, 0.6) is 0 Å². The fraction of sp³-hybridized carbons (Fsp3) is 0.417. The normalized spacial score (nSPS) is 10.6. The minimum absolute atomic E-state index is 0.721. The van der Waals surface area contributed by atoms with Crippen LogP contribution in [0.3, 0.4) is 0 Å². The van der Waals surface area contributed by atoms with E-state index in [1.807, 2.05) is 38.7 Å². The summed E-state index contributed by atoms with van der Waals surface area (Å²) in [6, 6.07) is 0. The molecule has 0 radical (unpaired) electrons. The van der Waals surface area contributed by atoms with Crippen LogP contribution in [-0.4, -0.2) is 19.7 Å². The highest BCUT2D eigenvalue weighted by Gasteiger charge is 2.05. The largest absolute Gasteiger partial charge is 0.364 e. The molecule has 2 heterocycles. The van der Waals surface area contributed by atoms with Gasteiger partial charge in [0, 0.05) is 31.5 Å². The summed E-state index contributed by atoms with van der Waals surface area (Å²) in [5.41, 5.74) is 4.05. The Kier molecular flexibility index (Phi) is 3.08. The third-order valence-electron chi connectivity index (χ3n) is 2.64. The van der Waals surface area contributed by atoms with Gasteiger partial charge in [-0.3, -0.25) is 9.67 Å². The lowest BCUT2D eigenvalue weighted by atomic mass is 10.2. The van der Waals surface area contributed by atoms with Gasteiger partial charge in [-0.25, -0.2) is 4.98 Å². The molecule has 0 amide bonds. The maximum atomic E-state index is 4.42. The van der Waals surface area contributed by atoms with Crippen molar-refractivity contribution in [3.8, 4) is 0 Å². The van der Waals surface area contributed by atoms with E-state index in [1.54, 1.807) is 6.20 Å². The molecular weight excluding hydrogens is 214 g/mol. The maximum Gasteiger partial charge on any atom is 0.148 e. The standard InChI is InChI=1S/C12H17N5/c1-8-5-13-10(3)12(15-8)14-6-11-7-17(4)16-9(11)2/h5,7H,6H2,1-4H3,(H,14,15). The summed E-state index contributed by atoms with van der Waals surface area (Å²) in [6.45, 7) is 6.61. The zero-order valence-electron chi connectivity index (χ0n) is 10.7. The van der Waals surface area contributed by atoms with E-state index in [0.717, 1.165) is 29.4 Å². The van der Waals surface area contributed by atoms with Crippen molar-refractivity contribution in [2.75, 3.05) is 5.32 Å². The Labute approximate surface area is 101 Å². The number of nitrogens with zero attached hydrogens (tertiary/aromatic N) is 4. The predicted octanol–water partition coefficient (Wildman–Crippen LogP) is 1.75. The van der Waals surface area contributed by atoms with Crippen LogP contribution in [0.1, 0.15) is 22.6 Å². The molecule has 0 saturated carbocycles. The highest BCUT2D eigenvalue weighted by atomic mass is 15.3. The van der Waals surface area contributed by atoms with Crippen LogP contribution in [0.2, 0.25) is 0 Å². The second-order valence-corrected chi connectivity index (χ2v) is 4.21. The third kappa shape index (κ3) is 2.61. The first kappa shape index (κ1) is 11.6. The fourth-order valence-electron chi connectivity index (χ4n) is 1.71. The highest BCUT2D eigenvalue weighted by Crippen LogP contribution is 2.12. The van der Waals surface area contributed by atoms with Crippen LogP contribution in [0.4, 0.5) is 5.82 Å². The third-order valence-corrected chi connectivity index (χ3v) is 2.64. The average molecular weight is 231 g/mol. The molecule has 0 fully saturated rings. The molecule has 2 aromatic heterocycles. The molecule has 5 heteroatoms. The van der Waals surface area contributed by atoms with E-state index < -0.39 is 0 Å². The topological polar surface area (TPSA) is 55.6 Å². The summed E-state index contributed by atoms with van der Waals surface area (Å²) in [5, 5.41) is 7.60. The van der Waals surface area contributed by atoms with Gasteiger partial charge >= 0.3 is 0 Å². The quantitative estimate of drug-likeness (QED) is 0.874. The number of nitrogens with one attached hydrogen (secondary N) is 1. The van der Waals surface area contributed by atoms with Crippen LogP contribution >= 0.6 is 0 Å². The molecule has 0 saturated heterocycles. The van der Waals surface area contributed by atoms with Crippen molar-refractivity contribution < 1.29 is 0 Å². The summed E-state index contributed by atoms with van der Waals surface area (Å²) in [6.07, 6.45) is 3.79. The van der Waals surface area contributed by atoms with Gasteiger partial charge in [0.2, 0.25) is 0 Å². The van der Waals surface area contributed by atoms with Gasteiger partial charge in [0.15, 0.2) is 0 Å². The molecule has 0 aliphatic rings. The molecule has 17 heavy (non-hydrogen) atoms. The van der Waals surface area contributed by atoms with E-state index in [4.69, 9.17) is 0 Å². The highest BCUT2D eigenvalue weighted by molar-refractivity contribution is 5.40. The van der Waals surface area contributed by atoms with Gasteiger partial charge in [0.1, 0.15) is 5.82 Å². The molecule has 90 valence electrons. The molecule has 0 spiro atoms. The summed E-state index contributed by atoms with van der Waals surface area (Å²) in [5.74, 6) is 0.841. The van der Waals surface area contributed by atoms with E-state index in [9.17, 15) is 0 Å². The first-order valence-corrected chi connectivity index (χ1v) is 5.59. The summed E-state index contributed by atoms with van der Waals surface area (Å²) in [4.78, 5) is 8.70. The van der Waals surface area contributed by atoms with Crippen molar-refractivity contribution in [1.82, 2.24) is 19.7 Å². The van der Waals surface area contributed by atoms with E-state index in [1.165, 1.54) is 5.56 Å². The smallest absolute Gasteiger partial charge is 0.148 e. The van der Waals surface area contributed by atoms with Crippen molar-refractivity contribution in [1.29, 1.82) is 0 Å². The second kappa shape index (κ2) is 4.53. The zero-order valence-corrected chi connectivity index (χ0v) is 10.7. The second-order valence-electron chi connectivity index (χ2n) is 4.21. The molecule has 0 atom stereocenters. The van der Waals surface area contributed by atoms with Crippen molar-refractivity contribution in [2.24, 2.45) is 7.05 Å². The van der Waals surface area contributed by atoms with Gasteiger partial charge in [-0.2, -0.15) is 5.10 Å². The van der Waals surface area contributed by atoms with Crippen LogP contribution in [0.25, 0.3) is 0 Å². The van der Waals surface area contributed by atoms with Crippen LogP contribution in [0, 0.1) is 20.8 Å². The summed E-state index contributed by atoms with van der Waals surface area (Å²) >= 11 is 0. The number of hydrogen-bond acceptors (Lipinski definition) is 4. The number of anilines is 1. The van der Waals surface area contributed by atoms with Crippen LogP contribution in [0.15, 0.2) is 12.4 Å². The number of rotatable bonds is 3. The van der Waals surface area contributed by atoms with Crippen LogP contribution < -0.4 is 5.32 Å². The minimum Gasteiger partial charge on any atom is -0.364 e. The molecule has 0 bridgehead atoms. The summed E-state index contributed by atoms with van der Waals surface area (Å²) in [7, 11) is 1.92. The fourth-order valence-corrected chi connectivity index (χ4v) is 1.71. The Bertz CT molecular complexity index is 530. The lowest BCUT2D eigenvalue weighted by Gasteiger charge is -2.07. The maximum absolute atomic E-state index is 4.42. The van der Waals surface area contributed by atoms with Crippen molar-refractivity contribution in [2.45, 2.75) is 27.3 Å². The van der Waals surface area contributed by atoms with Crippen molar-refractivity contribution in [3.63, 3.8) is 0 Å². The monoisotopic (exact) mass is 231 g/mol. The molecule has 0 aromatic carbocycles. The molecule has 0 aliphatic heterocycles. The Hall–Kier alpha value is -1.91. The number of hydrogen-bond donors (Lipinski definition) is 1. The summed E-state index contributed by atoms with van der Waals surface area (Å²) < 4.78 is 1.82. The van der Waals surface area contributed by atoms with Gasteiger partial charge in [0.05, 0.1) is 17.1 Å². The molecule has 2 rings (SSSR count). The molecule has 1 N–H and O–H groups in total. The van der Waals surface area contributed by atoms with E-state index >= 15 is 0 Å². The van der Waals surface area contributed by atoms with Crippen molar-refractivity contribution in [3.05, 3.63) is 35.0 Å². The zero-order chi connectivity index (χ0) is 12.4.